The van der Waals surface area contributed by atoms with Crippen molar-refractivity contribution in [2.75, 3.05) is 19.7 Å². The van der Waals surface area contributed by atoms with Crippen molar-refractivity contribution in [3.8, 4) is 0 Å². The molecule has 0 radical (unpaired) electrons. The molecule has 0 amide bonds. The first-order chi connectivity index (χ1) is 8.07. The van der Waals surface area contributed by atoms with Crippen LogP contribution in [0.1, 0.15) is 39.0 Å². The molecule has 2 atom stereocenters. The van der Waals surface area contributed by atoms with Crippen LogP contribution in [0.2, 0.25) is 0 Å². The summed E-state index contributed by atoms with van der Waals surface area (Å²) >= 11 is 0. The smallest absolute Gasteiger partial charge is 0.282 e. The summed E-state index contributed by atoms with van der Waals surface area (Å²) in [5.74, 6) is 0. The molecule has 2 fully saturated rings. The van der Waals surface area contributed by atoms with Crippen molar-refractivity contribution in [3.05, 3.63) is 0 Å². The highest BCUT2D eigenvalue weighted by Gasteiger charge is 2.40. The fourth-order valence-electron chi connectivity index (χ4n) is 2.84. The van der Waals surface area contributed by atoms with Gasteiger partial charge < -0.3 is 5.11 Å². The maximum absolute atomic E-state index is 12.5. The summed E-state index contributed by atoms with van der Waals surface area (Å²) in [6.45, 7) is 3.08. The number of rotatable bonds is 3. The van der Waals surface area contributed by atoms with Crippen LogP contribution in [0, 0.1) is 0 Å². The van der Waals surface area contributed by atoms with E-state index >= 15 is 0 Å². The molecule has 0 saturated carbocycles. The molecule has 2 rings (SSSR count). The van der Waals surface area contributed by atoms with Crippen LogP contribution in [-0.4, -0.2) is 53.9 Å². The van der Waals surface area contributed by atoms with E-state index in [1.807, 2.05) is 6.92 Å². The van der Waals surface area contributed by atoms with Crippen LogP contribution in [-0.2, 0) is 10.2 Å². The molecule has 2 aliphatic heterocycles. The van der Waals surface area contributed by atoms with Crippen LogP contribution >= 0.6 is 0 Å². The van der Waals surface area contributed by atoms with E-state index in [9.17, 15) is 13.5 Å². The number of hydrogen-bond donors (Lipinski definition) is 1. The van der Waals surface area contributed by atoms with E-state index < -0.39 is 10.2 Å². The first kappa shape index (κ1) is 13.3. The fraction of sp³-hybridized carbons (Fsp3) is 1.00. The number of hydrogen-bond acceptors (Lipinski definition) is 3. The van der Waals surface area contributed by atoms with E-state index in [1.165, 1.54) is 4.31 Å². The monoisotopic (exact) mass is 262 g/mol. The molecule has 0 aromatic heterocycles. The van der Waals surface area contributed by atoms with E-state index in [-0.39, 0.29) is 18.7 Å². The third-order valence-corrected chi connectivity index (χ3v) is 6.08. The van der Waals surface area contributed by atoms with Gasteiger partial charge in [0.2, 0.25) is 0 Å². The molecule has 0 aromatic rings. The summed E-state index contributed by atoms with van der Waals surface area (Å²) in [5, 5.41) is 9.24. The van der Waals surface area contributed by atoms with Gasteiger partial charge in [0.1, 0.15) is 0 Å². The molecular formula is C11H22N2O3S. The molecule has 5 nitrogen and oxygen atoms in total. The van der Waals surface area contributed by atoms with Crippen molar-refractivity contribution in [2.24, 2.45) is 0 Å². The van der Waals surface area contributed by atoms with E-state index in [2.05, 4.69) is 0 Å². The maximum Gasteiger partial charge on any atom is 0.282 e. The van der Waals surface area contributed by atoms with Gasteiger partial charge in [-0.25, -0.2) is 0 Å². The lowest BCUT2D eigenvalue weighted by atomic mass is 10.1. The molecule has 100 valence electrons. The van der Waals surface area contributed by atoms with Gasteiger partial charge in [0.25, 0.3) is 10.2 Å². The Kier molecular flexibility index (Phi) is 4.07. The summed E-state index contributed by atoms with van der Waals surface area (Å²) in [7, 11) is -3.37. The van der Waals surface area contributed by atoms with Crippen LogP contribution in [0.3, 0.4) is 0 Å². The quantitative estimate of drug-likeness (QED) is 0.808. The van der Waals surface area contributed by atoms with E-state index in [0.29, 0.717) is 13.1 Å². The van der Waals surface area contributed by atoms with Crippen LogP contribution < -0.4 is 0 Å². The number of piperidine rings is 1. The lowest BCUT2D eigenvalue weighted by molar-refractivity contribution is 0.193. The highest BCUT2D eigenvalue weighted by Crippen LogP contribution is 2.27. The van der Waals surface area contributed by atoms with Crippen molar-refractivity contribution >= 4 is 10.2 Å². The molecule has 2 heterocycles. The third-order valence-electron chi connectivity index (χ3n) is 3.87. The van der Waals surface area contributed by atoms with Gasteiger partial charge in [-0.05, 0) is 32.6 Å². The second-order valence-electron chi connectivity index (χ2n) is 5.05. The molecule has 1 unspecified atom stereocenters. The SMILES string of the molecule is CC1CCCCN1S(=O)(=O)N1CCC[C@@H]1CO. The van der Waals surface area contributed by atoms with Crippen molar-refractivity contribution in [1.82, 2.24) is 8.61 Å². The standard InChI is InChI=1S/C11H22N2O3S/c1-10-5-2-3-7-12(10)17(15,16)13-8-4-6-11(13)9-14/h10-11,14H,2-9H2,1H3/t10?,11-/m1/s1. The zero-order valence-corrected chi connectivity index (χ0v) is 11.2. The summed E-state index contributed by atoms with van der Waals surface area (Å²) in [6.07, 6.45) is 4.62. The van der Waals surface area contributed by atoms with Gasteiger partial charge in [-0.3, -0.25) is 0 Å². The van der Waals surface area contributed by atoms with Gasteiger partial charge in [-0.15, -0.1) is 0 Å². The molecule has 0 aromatic carbocycles. The van der Waals surface area contributed by atoms with Gasteiger partial charge in [0.05, 0.1) is 6.61 Å². The van der Waals surface area contributed by atoms with Gasteiger partial charge in [0, 0.05) is 25.2 Å². The molecule has 2 aliphatic rings. The van der Waals surface area contributed by atoms with Gasteiger partial charge in [-0.2, -0.15) is 17.0 Å². The van der Waals surface area contributed by atoms with Gasteiger partial charge >= 0.3 is 0 Å². The number of aliphatic hydroxyl groups is 1. The average molecular weight is 262 g/mol. The zero-order chi connectivity index (χ0) is 12.5. The molecule has 2 saturated heterocycles. The van der Waals surface area contributed by atoms with Crippen molar-refractivity contribution in [1.29, 1.82) is 0 Å². The minimum Gasteiger partial charge on any atom is -0.395 e. The lowest BCUT2D eigenvalue weighted by Gasteiger charge is -2.36. The van der Waals surface area contributed by atoms with Crippen molar-refractivity contribution in [3.63, 3.8) is 0 Å². The van der Waals surface area contributed by atoms with Crippen LogP contribution in [0.25, 0.3) is 0 Å². The van der Waals surface area contributed by atoms with Crippen molar-refractivity contribution in [2.45, 2.75) is 51.1 Å². The Morgan fingerprint density at radius 1 is 1.12 bits per heavy atom. The minimum absolute atomic E-state index is 0.0680. The maximum atomic E-state index is 12.5. The summed E-state index contributed by atoms with van der Waals surface area (Å²) in [5.41, 5.74) is 0. The Morgan fingerprint density at radius 3 is 2.47 bits per heavy atom. The van der Waals surface area contributed by atoms with Gasteiger partial charge in [0.15, 0.2) is 0 Å². The molecule has 0 aliphatic carbocycles. The first-order valence-electron chi connectivity index (χ1n) is 6.47. The second kappa shape index (κ2) is 5.22. The summed E-state index contributed by atoms with van der Waals surface area (Å²) in [4.78, 5) is 0. The predicted molar refractivity (Wildman–Crippen MR) is 65.8 cm³/mol. The zero-order valence-electron chi connectivity index (χ0n) is 10.4. The molecular weight excluding hydrogens is 240 g/mol. The number of aliphatic hydroxyl groups excluding tert-OH is 1. The molecule has 17 heavy (non-hydrogen) atoms. The first-order valence-corrected chi connectivity index (χ1v) is 7.86. The van der Waals surface area contributed by atoms with E-state index in [1.54, 1.807) is 4.31 Å². The number of nitrogens with zero attached hydrogens (tertiary/aromatic N) is 2. The summed E-state index contributed by atoms with van der Waals surface area (Å²) < 4.78 is 28.1. The Balaban J connectivity index is 2.17. The Hall–Kier alpha value is -0.170. The lowest BCUT2D eigenvalue weighted by Crippen LogP contribution is -2.51. The fourth-order valence-corrected chi connectivity index (χ4v) is 4.94. The largest absolute Gasteiger partial charge is 0.395 e. The highest BCUT2D eigenvalue weighted by atomic mass is 32.2. The predicted octanol–water partition coefficient (Wildman–Crippen LogP) is 0.562. The minimum atomic E-state index is -3.37. The van der Waals surface area contributed by atoms with Crippen LogP contribution in [0.4, 0.5) is 0 Å². The molecule has 6 heteroatoms. The average Bonchev–Trinajstić information content (AvgIpc) is 2.78. The van der Waals surface area contributed by atoms with Crippen molar-refractivity contribution < 1.29 is 13.5 Å². The topological polar surface area (TPSA) is 60.9 Å². The van der Waals surface area contributed by atoms with E-state index in [0.717, 1.165) is 32.1 Å². The molecule has 0 spiro atoms. The van der Waals surface area contributed by atoms with Crippen LogP contribution in [0.15, 0.2) is 0 Å². The van der Waals surface area contributed by atoms with Gasteiger partial charge in [-0.1, -0.05) is 6.42 Å². The summed E-state index contributed by atoms with van der Waals surface area (Å²) in [6, 6.07) is -0.122. The van der Waals surface area contributed by atoms with E-state index in [4.69, 9.17) is 0 Å². The highest BCUT2D eigenvalue weighted by molar-refractivity contribution is 7.86. The Bertz CT molecular complexity index is 350. The molecule has 1 N–H and O–H groups in total. The third kappa shape index (κ3) is 2.50. The van der Waals surface area contributed by atoms with Crippen LogP contribution in [0.5, 0.6) is 0 Å². The Morgan fingerprint density at radius 2 is 1.82 bits per heavy atom. The Labute approximate surface area is 104 Å². The normalized spacial score (nSPS) is 33.1. The second-order valence-corrected chi connectivity index (χ2v) is 6.89. The molecule has 0 bridgehead atoms.